The molecular formula is C15H30N2O4. The smallest absolute Gasteiger partial charge is 0.225 e. The molecule has 6 nitrogen and oxygen atoms in total. The highest BCUT2D eigenvalue weighted by Gasteiger charge is 2.16. The minimum absolute atomic E-state index is 0.00489. The number of hydrogen-bond donors (Lipinski definition) is 3. The van der Waals surface area contributed by atoms with E-state index in [1.165, 1.54) is 0 Å². The molecule has 0 bridgehead atoms. The number of hydrogen-bond acceptors (Lipinski definition) is 4. The van der Waals surface area contributed by atoms with Gasteiger partial charge in [-0.15, -0.1) is 0 Å². The van der Waals surface area contributed by atoms with Gasteiger partial charge in [0.2, 0.25) is 11.8 Å². The van der Waals surface area contributed by atoms with Crippen molar-refractivity contribution in [3.63, 3.8) is 0 Å². The van der Waals surface area contributed by atoms with E-state index in [2.05, 4.69) is 10.6 Å². The molecule has 2 amide bonds. The molecule has 0 radical (unpaired) electrons. The molecule has 0 heterocycles. The summed E-state index contributed by atoms with van der Waals surface area (Å²) < 4.78 is 5.48. The van der Waals surface area contributed by atoms with Crippen molar-refractivity contribution in [1.82, 2.24) is 10.6 Å². The Hall–Kier alpha value is -1.14. The van der Waals surface area contributed by atoms with Crippen LogP contribution in [-0.4, -0.2) is 48.8 Å². The molecule has 0 rings (SSSR count). The van der Waals surface area contributed by atoms with Crippen LogP contribution in [0.25, 0.3) is 0 Å². The lowest BCUT2D eigenvalue weighted by Crippen LogP contribution is -2.40. The van der Waals surface area contributed by atoms with E-state index >= 15 is 0 Å². The highest BCUT2D eigenvalue weighted by molar-refractivity contribution is 5.78. The summed E-state index contributed by atoms with van der Waals surface area (Å²) in [4.78, 5) is 23.3. The number of aliphatic hydroxyl groups excluding tert-OH is 1. The van der Waals surface area contributed by atoms with Gasteiger partial charge in [0.25, 0.3) is 0 Å². The zero-order valence-electron chi connectivity index (χ0n) is 13.8. The van der Waals surface area contributed by atoms with Gasteiger partial charge in [-0.25, -0.2) is 0 Å². The summed E-state index contributed by atoms with van der Waals surface area (Å²) in [5.41, 5.74) is 0. The molecule has 0 aromatic heterocycles. The molecule has 3 N–H and O–H groups in total. The van der Waals surface area contributed by atoms with Crippen molar-refractivity contribution in [3.8, 4) is 0 Å². The molecule has 0 saturated heterocycles. The van der Waals surface area contributed by atoms with E-state index < -0.39 is 0 Å². The Kier molecular flexibility index (Phi) is 9.99. The number of nitrogens with one attached hydrogen (secondary N) is 2. The van der Waals surface area contributed by atoms with Crippen molar-refractivity contribution < 1.29 is 19.4 Å². The van der Waals surface area contributed by atoms with Crippen LogP contribution in [0.5, 0.6) is 0 Å². The lowest BCUT2D eigenvalue weighted by atomic mass is 10.1. The minimum atomic E-state index is -0.265. The highest BCUT2D eigenvalue weighted by Crippen LogP contribution is 2.00. The van der Waals surface area contributed by atoms with E-state index in [1.54, 1.807) is 6.92 Å². The molecule has 1 unspecified atom stereocenters. The van der Waals surface area contributed by atoms with Gasteiger partial charge >= 0.3 is 0 Å². The molecule has 124 valence electrons. The first-order valence-electron chi connectivity index (χ1n) is 7.57. The first-order valence-corrected chi connectivity index (χ1v) is 7.57. The molecule has 21 heavy (non-hydrogen) atoms. The van der Waals surface area contributed by atoms with Crippen molar-refractivity contribution in [2.24, 2.45) is 11.8 Å². The summed E-state index contributed by atoms with van der Waals surface area (Å²) in [7, 11) is 0. The van der Waals surface area contributed by atoms with Crippen molar-refractivity contribution in [1.29, 1.82) is 0 Å². The van der Waals surface area contributed by atoms with Gasteiger partial charge in [-0.05, 0) is 20.3 Å². The number of ether oxygens (including phenoxy) is 1. The Morgan fingerprint density at radius 3 is 2.05 bits per heavy atom. The molecule has 0 aliphatic carbocycles. The van der Waals surface area contributed by atoms with Gasteiger partial charge in [-0.1, -0.05) is 20.8 Å². The van der Waals surface area contributed by atoms with Gasteiger partial charge in [0.05, 0.1) is 19.1 Å². The third kappa shape index (κ3) is 9.42. The maximum atomic E-state index is 11.8. The van der Waals surface area contributed by atoms with Crippen LogP contribution in [0.4, 0.5) is 0 Å². The fraction of sp³-hybridized carbons (Fsp3) is 0.867. The zero-order valence-corrected chi connectivity index (χ0v) is 13.8. The maximum Gasteiger partial charge on any atom is 0.225 e. The highest BCUT2D eigenvalue weighted by atomic mass is 16.5. The number of carbonyl (C=O) groups excluding carboxylic acids is 2. The van der Waals surface area contributed by atoms with E-state index in [9.17, 15) is 9.59 Å². The van der Waals surface area contributed by atoms with Gasteiger partial charge in [-0.2, -0.15) is 0 Å². The Morgan fingerprint density at radius 2 is 1.52 bits per heavy atom. The van der Waals surface area contributed by atoms with Crippen molar-refractivity contribution in [2.75, 3.05) is 19.8 Å². The van der Waals surface area contributed by atoms with Gasteiger partial charge in [0.1, 0.15) is 0 Å². The second-order valence-electron chi connectivity index (χ2n) is 5.92. The largest absolute Gasteiger partial charge is 0.396 e. The molecule has 0 fully saturated rings. The first kappa shape index (κ1) is 19.9. The average Bonchev–Trinajstić information content (AvgIpc) is 2.38. The standard InChI is InChI=1S/C15H30N2O4/c1-10(2)14(19)17-13(5)9-21-8-11(3)15(20)16-12(4)6-7-18/h10-13,18H,6-9H2,1-5H3,(H,16,20)(H,17,19)/t11?,12-,13+/m1/s1. The van der Waals surface area contributed by atoms with Crippen LogP contribution in [0.2, 0.25) is 0 Å². The van der Waals surface area contributed by atoms with Crippen molar-refractivity contribution in [3.05, 3.63) is 0 Å². The van der Waals surface area contributed by atoms with Crippen LogP contribution in [0.1, 0.15) is 41.0 Å². The number of carbonyl (C=O) groups is 2. The minimum Gasteiger partial charge on any atom is -0.396 e. The average molecular weight is 302 g/mol. The SMILES string of the molecule is CC(C)C(=O)N[C@@H](C)COCC(C)C(=O)N[C@H](C)CCO. The second kappa shape index (κ2) is 10.6. The summed E-state index contributed by atoms with van der Waals surface area (Å²) in [5.74, 6) is -0.408. The molecule has 0 aliphatic rings. The normalized spacial score (nSPS) is 15.4. The maximum absolute atomic E-state index is 11.8. The summed E-state index contributed by atoms with van der Waals surface area (Å²) in [6.45, 7) is 9.92. The zero-order chi connectivity index (χ0) is 16.4. The van der Waals surface area contributed by atoms with E-state index in [4.69, 9.17) is 9.84 Å². The third-order valence-corrected chi connectivity index (χ3v) is 3.05. The van der Waals surface area contributed by atoms with E-state index in [0.717, 1.165) is 0 Å². The number of rotatable bonds is 10. The lowest BCUT2D eigenvalue weighted by Gasteiger charge is -2.19. The molecule has 6 heteroatoms. The van der Waals surface area contributed by atoms with Gasteiger partial charge in [0, 0.05) is 24.6 Å². The summed E-state index contributed by atoms with van der Waals surface area (Å²) in [6, 6.07) is -0.127. The van der Waals surface area contributed by atoms with Gasteiger partial charge < -0.3 is 20.5 Å². The summed E-state index contributed by atoms with van der Waals surface area (Å²) >= 11 is 0. The van der Waals surface area contributed by atoms with Crippen molar-refractivity contribution in [2.45, 2.75) is 53.1 Å². The van der Waals surface area contributed by atoms with Gasteiger partial charge in [0.15, 0.2) is 0 Å². The monoisotopic (exact) mass is 302 g/mol. The Bertz CT molecular complexity index is 321. The van der Waals surface area contributed by atoms with Crippen LogP contribution in [0, 0.1) is 11.8 Å². The summed E-state index contributed by atoms with van der Waals surface area (Å²) in [5, 5.41) is 14.4. The molecule has 0 aliphatic heterocycles. The lowest BCUT2D eigenvalue weighted by molar-refractivity contribution is -0.128. The fourth-order valence-corrected chi connectivity index (χ4v) is 1.60. The van der Waals surface area contributed by atoms with E-state index in [-0.39, 0.29) is 42.3 Å². The number of amides is 2. The van der Waals surface area contributed by atoms with Gasteiger partial charge in [-0.3, -0.25) is 9.59 Å². The fourth-order valence-electron chi connectivity index (χ4n) is 1.60. The molecule has 0 aromatic carbocycles. The molecular weight excluding hydrogens is 272 g/mol. The predicted molar refractivity (Wildman–Crippen MR) is 81.7 cm³/mol. The number of aliphatic hydroxyl groups is 1. The van der Waals surface area contributed by atoms with E-state index in [0.29, 0.717) is 19.6 Å². The van der Waals surface area contributed by atoms with Crippen molar-refractivity contribution >= 4 is 11.8 Å². The Balaban J connectivity index is 3.89. The van der Waals surface area contributed by atoms with E-state index in [1.807, 2.05) is 27.7 Å². The topological polar surface area (TPSA) is 87.7 Å². The third-order valence-electron chi connectivity index (χ3n) is 3.05. The predicted octanol–water partition coefficient (Wildman–Crippen LogP) is 0.687. The van der Waals surface area contributed by atoms with Crippen LogP contribution in [-0.2, 0) is 14.3 Å². The molecule has 3 atom stereocenters. The van der Waals surface area contributed by atoms with Crippen LogP contribution in [0.15, 0.2) is 0 Å². The molecule has 0 spiro atoms. The second-order valence-corrected chi connectivity index (χ2v) is 5.92. The molecule has 0 aromatic rings. The Morgan fingerprint density at radius 1 is 0.952 bits per heavy atom. The van der Waals surface area contributed by atoms with Crippen LogP contribution < -0.4 is 10.6 Å². The van der Waals surface area contributed by atoms with Crippen LogP contribution in [0.3, 0.4) is 0 Å². The molecule has 0 saturated carbocycles. The quantitative estimate of drug-likeness (QED) is 0.554. The first-order chi connectivity index (χ1) is 9.77. The summed E-state index contributed by atoms with van der Waals surface area (Å²) in [6.07, 6.45) is 0.539. The van der Waals surface area contributed by atoms with Crippen LogP contribution >= 0.6 is 0 Å². The Labute approximate surface area is 127 Å².